The van der Waals surface area contributed by atoms with Crippen LogP contribution in [0.15, 0.2) is 206 Å². The third-order valence-electron chi connectivity index (χ3n) is 11.3. The van der Waals surface area contributed by atoms with Gasteiger partial charge in [-0.1, -0.05) is 170 Å². The number of hydrogen-bond donors (Lipinski definition) is 0. The standard InChI is InChI=1S/C52H34N4/c1-5-17-35(18-6-1)49-53-50(36-19-7-2-8-20-36)55-51(54-49)37-29-31-40(32-30-37)56-45-28-16-14-26-42(45)48-46(56)34-33-44-47(48)41-25-13-15-27-43(41)52(44,38-21-9-3-10-22-38)39-23-11-4-12-24-39/h1-34H. The number of benzene rings is 8. The molecule has 1 aliphatic carbocycles. The first kappa shape index (κ1) is 32.0. The summed E-state index contributed by atoms with van der Waals surface area (Å²) in [5.74, 6) is 1.94. The van der Waals surface area contributed by atoms with Gasteiger partial charge in [-0.25, -0.2) is 15.0 Å². The Morgan fingerprint density at radius 3 is 1.43 bits per heavy atom. The largest absolute Gasteiger partial charge is 0.309 e. The van der Waals surface area contributed by atoms with Crippen LogP contribution in [0.1, 0.15) is 22.3 Å². The quantitative estimate of drug-likeness (QED) is 0.172. The van der Waals surface area contributed by atoms with E-state index in [0.29, 0.717) is 17.5 Å². The lowest BCUT2D eigenvalue weighted by Crippen LogP contribution is -2.28. The second-order valence-corrected chi connectivity index (χ2v) is 14.3. The van der Waals surface area contributed by atoms with Gasteiger partial charge >= 0.3 is 0 Å². The molecular weight excluding hydrogens is 681 g/mol. The molecule has 0 amide bonds. The minimum Gasteiger partial charge on any atom is -0.309 e. The summed E-state index contributed by atoms with van der Waals surface area (Å²) < 4.78 is 2.40. The van der Waals surface area contributed by atoms with Gasteiger partial charge in [-0.3, -0.25) is 0 Å². The van der Waals surface area contributed by atoms with Crippen LogP contribution in [0, 0.1) is 0 Å². The van der Waals surface area contributed by atoms with E-state index in [2.05, 4.69) is 150 Å². The molecule has 2 heterocycles. The number of para-hydroxylation sites is 1. The fourth-order valence-electron chi connectivity index (χ4n) is 8.97. The van der Waals surface area contributed by atoms with E-state index in [1.807, 2.05) is 60.7 Å². The number of fused-ring (bicyclic) bond motifs is 7. The van der Waals surface area contributed by atoms with Crippen molar-refractivity contribution < 1.29 is 0 Å². The monoisotopic (exact) mass is 714 g/mol. The van der Waals surface area contributed by atoms with Crippen molar-refractivity contribution in [1.82, 2.24) is 19.5 Å². The molecule has 0 radical (unpaired) electrons. The maximum atomic E-state index is 4.99. The van der Waals surface area contributed by atoms with Crippen molar-refractivity contribution in [2.24, 2.45) is 0 Å². The predicted octanol–water partition coefficient (Wildman–Crippen LogP) is 12.3. The summed E-state index contributed by atoms with van der Waals surface area (Å²) in [5.41, 5.74) is 13.5. The van der Waals surface area contributed by atoms with Crippen LogP contribution in [-0.4, -0.2) is 19.5 Å². The SMILES string of the molecule is c1ccc(-c2nc(-c3ccccc3)nc(-c3ccc(-n4c5ccccc5c5c6c(ccc54)C(c4ccccc4)(c4ccccc4)c4ccccc4-6)cc3)n2)cc1. The summed E-state index contributed by atoms with van der Waals surface area (Å²) in [6.45, 7) is 0. The lowest BCUT2D eigenvalue weighted by Gasteiger charge is -2.33. The van der Waals surface area contributed by atoms with Crippen LogP contribution in [0.2, 0.25) is 0 Å². The first-order valence-electron chi connectivity index (χ1n) is 19.0. The van der Waals surface area contributed by atoms with Gasteiger partial charge in [0.25, 0.3) is 0 Å². The van der Waals surface area contributed by atoms with E-state index < -0.39 is 5.41 Å². The highest BCUT2D eigenvalue weighted by atomic mass is 15.0. The molecular formula is C52H34N4. The molecule has 262 valence electrons. The van der Waals surface area contributed by atoms with E-state index in [1.54, 1.807) is 0 Å². The van der Waals surface area contributed by atoms with Crippen LogP contribution in [-0.2, 0) is 5.41 Å². The van der Waals surface area contributed by atoms with E-state index in [1.165, 1.54) is 49.7 Å². The Bertz CT molecular complexity index is 2950. The van der Waals surface area contributed by atoms with Crippen molar-refractivity contribution in [1.29, 1.82) is 0 Å². The molecule has 0 spiro atoms. The highest BCUT2D eigenvalue weighted by Gasteiger charge is 2.47. The highest BCUT2D eigenvalue weighted by Crippen LogP contribution is 2.58. The van der Waals surface area contributed by atoms with Crippen molar-refractivity contribution >= 4 is 21.8 Å². The van der Waals surface area contributed by atoms with Gasteiger partial charge in [-0.05, 0) is 69.8 Å². The summed E-state index contributed by atoms with van der Waals surface area (Å²) in [4.78, 5) is 14.9. The topological polar surface area (TPSA) is 43.6 Å². The van der Waals surface area contributed by atoms with E-state index in [-0.39, 0.29) is 0 Å². The fraction of sp³-hybridized carbons (Fsp3) is 0.0192. The normalized spacial score (nSPS) is 12.8. The van der Waals surface area contributed by atoms with Crippen LogP contribution < -0.4 is 0 Å². The molecule has 2 aromatic heterocycles. The van der Waals surface area contributed by atoms with Crippen molar-refractivity contribution in [3.8, 4) is 51.0 Å². The third-order valence-corrected chi connectivity index (χ3v) is 11.3. The van der Waals surface area contributed by atoms with Gasteiger partial charge in [-0.15, -0.1) is 0 Å². The van der Waals surface area contributed by atoms with Crippen molar-refractivity contribution in [2.75, 3.05) is 0 Å². The molecule has 0 bridgehead atoms. The zero-order chi connectivity index (χ0) is 37.1. The molecule has 0 N–H and O–H groups in total. The Balaban J connectivity index is 1.11. The fourth-order valence-corrected chi connectivity index (χ4v) is 8.97. The summed E-state index contributed by atoms with van der Waals surface area (Å²) in [6, 6.07) is 73.4. The molecule has 8 aromatic carbocycles. The molecule has 0 unspecified atom stereocenters. The maximum absolute atomic E-state index is 4.99. The van der Waals surface area contributed by atoms with Crippen LogP contribution in [0.4, 0.5) is 0 Å². The highest BCUT2D eigenvalue weighted by molar-refractivity contribution is 6.18. The van der Waals surface area contributed by atoms with Gasteiger partial charge in [0.1, 0.15) is 0 Å². The summed E-state index contributed by atoms with van der Waals surface area (Å²) in [6.07, 6.45) is 0. The van der Waals surface area contributed by atoms with E-state index in [9.17, 15) is 0 Å². The maximum Gasteiger partial charge on any atom is 0.164 e. The lowest BCUT2D eigenvalue weighted by molar-refractivity contribution is 0.769. The van der Waals surface area contributed by atoms with Crippen LogP contribution in [0.25, 0.3) is 72.8 Å². The number of aromatic nitrogens is 4. The molecule has 11 rings (SSSR count). The molecule has 10 aromatic rings. The van der Waals surface area contributed by atoms with E-state index in [0.717, 1.165) is 27.9 Å². The zero-order valence-electron chi connectivity index (χ0n) is 30.4. The lowest BCUT2D eigenvalue weighted by atomic mass is 9.67. The Labute approximate surface area is 325 Å². The summed E-state index contributed by atoms with van der Waals surface area (Å²) in [7, 11) is 0. The van der Waals surface area contributed by atoms with Crippen molar-refractivity contribution in [3.63, 3.8) is 0 Å². The van der Waals surface area contributed by atoms with Gasteiger partial charge in [0, 0.05) is 33.2 Å². The minimum absolute atomic E-state index is 0.463. The predicted molar refractivity (Wildman–Crippen MR) is 228 cm³/mol. The van der Waals surface area contributed by atoms with Gasteiger partial charge < -0.3 is 4.57 Å². The average molecular weight is 715 g/mol. The van der Waals surface area contributed by atoms with Gasteiger partial charge in [-0.2, -0.15) is 0 Å². The molecule has 0 saturated carbocycles. The Kier molecular flexibility index (Phi) is 7.36. The second kappa shape index (κ2) is 12.9. The van der Waals surface area contributed by atoms with Crippen molar-refractivity contribution in [2.45, 2.75) is 5.41 Å². The first-order chi connectivity index (χ1) is 27.8. The van der Waals surface area contributed by atoms with Crippen molar-refractivity contribution in [3.05, 3.63) is 229 Å². The number of rotatable bonds is 6. The van der Waals surface area contributed by atoms with E-state index in [4.69, 9.17) is 15.0 Å². The Hall–Kier alpha value is -7.43. The molecule has 1 aliphatic rings. The molecule has 0 saturated heterocycles. The zero-order valence-corrected chi connectivity index (χ0v) is 30.4. The average Bonchev–Trinajstić information content (AvgIpc) is 3.78. The molecule has 0 aliphatic heterocycles. The van der Waals surface area contributed by atoms with Crippen LogP contribution >= 0.6 is 0 Å². The smallest absolute Gasteiger partial charge is 0.164 e. The van der Waals surface area contributed by atoms with Gasteiger partial charge in [0.2, 0.25) is 0 Å². The summed E-state index contributed by atoms with van der Waals surface area (Å²) in [5, 5.41) is 2.49. The first-order valence-corrected chi connectivity index (χ1v) is 19.0. The molecule has 4 nitrogen and oxygen atoms in total. The number of nitrogens with zero attached hydrogens (tertiary/aromatic N) is 4. The summed E-state index contributed by atoms with van der Waals surface area (Å²) >= 11 is 0. The Morgan fingerprint density at radius 2 is 0.839 bits per heavy atom. The molecule has 56 heavy (non-hydrogen) atoms. The molecule has 4 heteroatoms. The minimum atomic E-state index is -0.463. The van der Waals surface area contributed by atoms with Crippen LogP contribution in [0.3, 0.4) is 0 Å². The van der Waals surface area contributed by atoms with Gasteiger partial charge in [0.15, 0.2) is 17.5 Å². The molecule has 0 atom stereocenters. The van der Waals surface area contributed by atoms with Gasteiger partial charge in [0.05, 0.1) is 16.4 Å². The third kappa shape index (κ3) is 4.83. The molecule has 0 fully saturated rings. The van der Waals surface area contributed by atoms with Crippen LogP contribution in [0.5, 0.6) is 0 Å². The number of hydrogen-bond acceptors (Lipinski definition) is 3. The second-order valence-electron chi connectivity index (χ2n) is 14.3. The van der Waals surface area contributed by atoms with E-state index >= 15 is 0 Å². The Morgan fingerprint density at radius 1 is 0.357 bits per heavy atom.